The lowest BCUT2D eigenvalue weighted by molar-refractivity contribution is -0.383. The maximum Gasteiger partial charge on any atom is 0.342 e. The first-order valence-corrected chi connectivity index (χ1v) is 3.81. The Balaban J connectivity index is 2.87. The first-order valence-electron chi connectivity index (χ1n) is 3.81. The zero-order valence-electron chi connectivity index (χ0n) is 7.19. The fourth-order valence-electron chi connectivity index (χ4n) is 1.23. The number of carboxylic acids is 1. The second kappa shape index (κ2) is 3.01. The molecule has 0 unspecified atom stereocenters. The van der Waals surface area contributed by atoms with Gasteiger partial charge >= 0.3 is 11.7 Å². The molecule has 0 saturated carbocycles. The monoisotopic (exact) mass is 208 g/mol. The third kappa shape index (κ3) is 1.27. The quantitative estimate of drug-likeness (QED) is 0.562. The number of rotatable bonds is 2. The van der Waals surface area contributed by atoms with E-state index < -0.39 is 22.1 Å². The van der Waals surface area contributed by atoms with E-state index in [9.17, 15) is 14.9 Å². The van der Waals surface area contributed by atoms with E-state index in [2.05, 4.69) is 10.2 Å². The largest absolute Gasteiger partial charge is 0.477 e. The number of aromatic carboxylic acids is 1. The van der Waals surface area contributed by atoms with Gasteiger partial charge in [-0.3, -0.25) is 14.5 Å². The summed E-state index contributed by atoms with van der Waals surface area (Å²) in [5.41, 5.74) is -1.04. The fraction of sp³-hybridized carbons (Fsp3) is 0. The molecule has 8 heteroatoms. The highest BCUT2D eigenvalue weighted by molar-refractivity contribution is 5.95. The highest BCUT2D eigenvalue weighted by Gasteiger charge is 2.25. The lowest BCUT2D eigenvalue weighted by atomic mass is 10.2. The van der Waals surface area contributed by atoms with Gasteiger partial charge in [0.15, 0.2) is 0 Å². The Kier molecular flexibility index (Phi) is 1.82. The van der Waals surface area contributed by atoms with Crippen molar-refractivity contribution in [1.82, 2.24) is 14.6 Å². The van der Waals surface area contributed by atoms with Crippen molar-refractivity contribution in [3.05, 3.63) is 34.3 Å². The van der Waals surface area contributed by atoms with Gasteiger partial charge in [-0.2, -0.15) is 0 Å². The van der Waals surface area contributed by atoms with E-state index in [0.29, 0.717) is 0 Å². The van der Waals surface area contributed by atoms with Gasteiger partial charge < -0.3 is 5.11 Å². The molecule has 0 aliphatic carbocycles. The minimum atomic E-state index is -1.37. The van der Waals surface area contributed by atoms with E-state index in [1.165, 1.54) is 16.9 Å². The average molecular weight is 208 g/mol. The van der Waals surface area contributed by atoms with E-state index in [0.717, 1.165) is 6.07 Å². The number of hydrogen-bond donors (Lipinski definition) is 1. The van der Waals surface area contributed by atoms with Crippen LogP contribution in [0.3, 0.4) is 0 Å². The number of pyridine rings is 1. The number of carboxylic acid groups (broad SMARTS) is 1. The molecule has 2 rings (SSSR count). The highest BCUT2D eigenvalue weighted by Crippen LogP contribution is 2.22. The van der Waals surface area contributed by atoms with Crippen LogP contribution < -0.4 is 0 Å². The van der Waals surface area contributed by atoms with E-state index >= 15 is 0 Å². The number of carbonyl (C=O) groups is 1. The SMILES string of the molecule is O=C(O)c1ccn2cnnc2c1[N+](=O)[O-]. The van der Waals surface area contributed by atoms with Crippen LogP contribution in [0.5, 0.6) is 0 Å². The molecule has 8 nitrogen and oxygen atoms in total. The Labute approximate surface area is 81.9 Å². The third-order valence-corrected chi connectivity index (χ3v) is 1.85. The standard InChI is InChI=1S/C7H4N4O4/c12-7(13)4-1-2-10-3-8-9-6(10)5(4)11(14)15/h1-3H,(H,12,13). The van der Waals surface area contributed by atoms with Gasteiger partial charge in [0.05, 0.1) is 4.92 Å². The van der Waals surface area contributed by atoms with Crippen molar-refractivity contribution >= 4 is 17.3 Å². The van der Waals surface area contributed by atoms with Crippen molar-refractivity contribution in [1.29, 1.82) is 0 Å². The molecule has 0 aliphatic rings. The third-order valence-electron chi connectivity index (χ3n) is 1.85. The summed E-state index contributed by atoms with van der Waals surface area (Å²) in [6.07, 6.45) is 2.61. The van der Waals surface area contributed by atoms with Crippen molar-refractivity contribution in [3.8, 4) is 0 Å². The molecule has 2 aromatic rings. The minimum absolute atomic E-state index is 0.0834. The molecule has 0 fully saturated rings. The Morgan fingerprint density at radius 2 is 2.33 bits per heavy atom. The normalized spacial score (nSPS) is 10.4. The topological polar surface area (TPSA) is 111 Å². The molecule has 0 amide bonds. The van der Waals surface area contributed by atoms with Gasteiger partial charge in [0.2, 0.25) is 5.65 Å². The zero-order chi connectivity index (χ0) is 11.0. The van der Waals surface area contributed by atoms with Gasteiger partial charge in [-0.1, -0.05) is 0 Å². The van der Waals surface area contributed by atoms with Gasteiger partial charge in [-0.25, -0.2) is 4.79 Å². The summed E-state index contributed by atoms with van der Waals surface area (Å²) >= 11 is 0. The van der Waals surface area contributed by atoms with Crippen molar-refractivity contribution in [2.75, 3.05) is 0 Å². The van der Waals surface area contributed by atoms with Gasteiger partial charge in [0, 0.05) is 6.20 Å². The molecule has 0 atom stereocenters. The van der Waals surface area contributed by atoms with Crippen molar-refractivity contribution in [2.24, 2.45) is 0 Å². The molecule has 76 valence electrons. The van der Waals surface area contributed by atoms with Crippen LogP contribution in [0.1, 0.15) is 10.4 Å². The summed E-state index contributed by atoms with van der Waals surface area (Å²) in [4.78, 5) is 20.6. The van der Waals surface area contributed by atoms with Crippen LogP contribution in [-0.2, 0) is 0 Å². The molecule has 0 bridgehead atoms. The van der Waals surface area contributed by atoms with Crippen LogP contribution in [0.15, 0.2) is 18.6 Å². The molecule has 2 aromatic heterocycles. The molecular weight excluding hydrogens is 204 g/mol. The Hall–Kier alpha value is -2.51. The highest BCUT2D eigenvalue weighted by atomic mass is 16.6. The molecular formula is C7H4N4O4. The van der Waals surface area contributed by atoms with E-state index in [1.807, 2.05) is 0 Å². The number of hydrogen-bond acceptors (Lipinski definition) is 5. The summed E-state index contributed by atoms with van der Waals surface area (Å²) in [6, 6.07) is 1.14. The maximum absolute atomic E-state index is 10.7. The summed E-state index contributed by atoms with van der Waals surface area (Å²) in [5, 5.41) is 26.4. The number of aromatic nitrogens is 3. The fourth-order valence-corrected chi connectivity index (χ4v) is 1.23. The summed E-state index contributed by atoms with van der Waals surface area (Å²) in [7, 11) is 0. The van der Waals surface area contributed by atoms with Crippen LogP contribution in [-0.4, -0.2) is 30.6 Å². The van der Waals surface area contributed by atoms with Gasteiger partial charge in [-0.05, 0) is 6.07 Å². The summed E-state index contributed by atoms with van der Waals surface area (Å²) in [6.45, 7) is 0. The number of nitrogens with zero attached hydrogens (tertiary/aromatic N) is 4. The van der Waals surface area contributed by atoms with Crippen molar-refractivity contribution in [2.45, 2.75) is 0 Å². The predicted molar refractivity (Wildman–Crippen MR) is 46.6 cm³/mol. The van der Waals surface area contributed by atoms with Crippen LogP contribution in [0.4, 0.5) is 5.69 Å². The average Bonchev–Trinajstić information content (AvgIpc) is 2.62. The Morgan fingerprint density at radius 3 is 2.93 bits per heavy atom. The molecule has 0 spiro atoms. The molecule has 15 heavy (non-hydrogen) atoms. The minimum Gasteiger partial charge on any atom is -0.477 e. The predicted octanol–water partition coefficient (Wildman–Crippen LogP) is 0.336. The molecule has 2 heterocycles. The van der Waals surface area contributed by atoms with Crippen molar-refractivity contribution in [3.63, 3.8) is 0 Å². The first kappa shape index (κ1) is 9.06. The van der Waals surface area contributed by atoms with Gasteiger partial charge in [0.25, 0.3) is 0 Å². The molecule has 0 aromatic carbocycles. The first-order chi connectivity index (χ1) is 7.11. The molecule has 1 N–H and O–H groups in total. The van der Waals surface area contributed by atoms with E-state index in [1.54, 1.807) is 0 Å². The van der Waals surface area contributed by atoms with Crippen LogP contribution in [0.25, 0.3) is 5.65 Å². The number of fused-ring (bicyclic) bond motifs is 1. The smallest absolute Gasteiger partial charge is 0.342 e. The van der Waals surface area contributed by atoms with Crippen LogP contribution >= 0.6 is 0 Å². The van der Waals surface area contributed by atoms with E-state index in [-0.39, 0.29) is 5.65 Å². The zero-order valence-corrected chi connectivity index (χ0v) is 7.19. The molecule has 0 saturated heterocycles. The van der Waals surface area contributed by atoms with Crippen LogP contribution in [0, 0.1) is 10.1 Å². The Bertz CT molecular complexity index is 561. The van der Waals surface area contributed by atoms with Gasteiger partial charge in [-0.15, -0.1) is 10.2 Å². The molecule has 0 radical (unpaired) electrons. The summed E-state index contributed by atoms with van der Waals surface area (Å²) < 4.78 is 1.28. The lowest BCUT2D eigenvalue weighted by Crippen LogP contribution is -2.05. The van der Waals surface area contributed by atoms with Crippen LogP contribution in [0.2, 0.25) is 0 Å². The summed E-state index contributed by atoms with van der Waals surface area (Å²) in [5.74, 6) is -1.37. The molecule has 0 aliphatic heterocycles. The maximum atomic E-state index is 10.7. The Morgan fingerprint density at radius 1 is 1.60 bits per heavy atom. The lowest BCUT2D eigenvalue weighted by Gasteiger charge is -1.98. The number of nitro groups is 1. The van der Waals surface area contributed by atoms with Crippen molar-refractivity contribution < 1.29 is 14.8 Å². The second-order valence-corrected chi connectivity index (χ2v) is 2.70. The van der Waals surface area contributed by atoms with E-state index in [4.69, 9.17) is 5.11 Å². The second-order valence-electron chi connectivity index (χ2n) is 2.70. The van der Waals surface area contributed by atoms with Gasteiger partial charge in [0.1, 0.15) is 11.9 Å².